The van der Waals surface area contributed by atoms with Crippen molar-refractivity contribution in [2.45, 2.75) is 6.92 Å². The van der Waals surface area contributed by atoms with Crippen molar-refractivity contribution >= 4 is 39.1 Å². The molecule has 0 atom stereocenters. The number of rotatable bonds is 1. The van der Waals surface area contributed by atoms with E-state index in [1.54, 1.807) is 12.1 Å². The zero-order chi connectivity index (χ0) is 11.7. The lowest BCUT2D eigenvalue weighted by Crippen LogP contribution is -1.92. The molecule has 1 heterocycles. The summed E-state index contributed by atoms with van der Waals surface area (Å²) in [5.41, 5.74) is 1.59. The van der Waals surface area contributed by atoms with Crippen LogP contribution in [0.25, 0.3) is 11.4 Å². The van der Waals surface area contributed by atoms with Crippen molar-refractivity contribution in [2.75, 3.05) is 0 Å². The number of hydrogen-bond donors (Lipinski definition) is 0. The SMILES string of the molecule is Cc1cc(Cl)nc(-c2ccc(Br)cc2Cl)n1. The van der Waals surface area contributed by atoms with Gasteiger partial charge in [0, 0.05) is 15.7 Å². The average Bonchev–Trinajstić information content (AvgIpc) is 2.15. The first-order valence-corrected chi connectivity index (χ1v) is 6.08. The van der Waals surface area contributed by atoms with Gasteiger partial charge in [0.05, 0.1) is 5.02 Å². The molecule has 0 spiro atoms. The summed E-state index contributed by atoms with van der Waals surface area (Å²) in [5, 5.41) is 1.01. The fraction of sp³-hybridized carbons (Fsp3) is 0.0909. The number of halogens is 3. The normalized spacial score (nSPS) is 10.5. The van der Waals surface area contributed by atoms with Crippen LogP contribution in [0.1, 0.15) is 5.69 Å². The Labute approximate surface area is 112 Å². The van der Waals surface area contributed by atoms with Gasteiger partial charge in [-0.05, 0) is 31.2 Å². The van der Waals surface area contributed by atoms with E-state index >= 15 is 0 Å². The molecule has 1 aromatic heterocycles. The molecule has 2 aromatic rings. The van der Waals surface area contributed by atoms with Crippen LogP contribution in [0, 0.1) is 6.92 Å². The van der Waals surface area contributed by atoms with Gasteiger partial charge in [-0.3, -0.25) is 0 Å². The van der Waals surface area contributed by atoms with Crippen LogP contribution in [-0.4, -0.2) is 9.97 Å². The summed E-state index contributed by atoms with van der Waals surface area (Å²) in [7, 11) is 0. The predicted octanol–water partition coefficient (Wildman–Crippen LogP) is 4.52. The zero-order valence-electron chi connectivity index (χ0n) is 8.34. The Balaban J connectivity index is 2.58. The van der Waals surface area contributed by atoms with E-state index in [2.05, 4.69) is 25.9 Å². The van der Waals surface area contributed by atoms with Crippen molar-refractivity contribution < 1.29 is 0 Å². The van der Waals surface area contributed by atoms with Crippen LogP contribution in [0.5, 0.6) is 0 Å². The van der Waals surface area contributed by atoms with E-state index in [0.717, 1.165) is 15.7 Å². The largest absolute Gasteiger partial charge is 0.233 e. The highest BCUT2D eigenvalue weighted by atomic mass is 79.9. The fourth-order valence-corrected chi connectivity index (χ4v) is 2.32. The monoisotopic (exact) mass is 316 g/mol. The van der Waals surface area contributed by atoms with Crippen molar-refractivity contribution in [3.05, 3.63) is 44.6 Å². The Morgan fingerprint density at radius 3 is 2.50 bits per heavy atom. The minimum absolute atomic E-state index is 0.418. The third kappa shape index (κ3) is 2.54. The fourth-order valence-electron chi connectivity index (χ4n) is 1.32. The molecule has 0 saturated carbocycles. The molecule has 0 bridgehead atoms. The molecule has 0 aliphatic rings. The molecule has 5 heteroatoms. The quantitative estimate of drug-likeness (QED) is 0.723. The van der Waals surface area contributed by atoms with Crippen molar-refractivity contribution in [3.63, 3.8) is 0 Å². The van der Waals surface area contributed by atoms with Crippen LogP contribution in [-0.2, 0) is 0 Å². The van der Waals surface area contributed by atoms with Gasteiger partial charge in [-0.1, -0.05) is 39.1 Å². The lowest BCUT2D eigenvalue weighted by molar-refractivity contribution is 1.11. The third-order valence-electron chi connectivity index (χ3n) is 1.99. The smallest absolute Gasteiger partial charge is 0.162 e. The van der Waals surface area contributed by atoms with Gasteiger partial charge in [0.1, 0.15) is 5.15 Å². The van der Waals surface area contributed by atoms with E-state index in [1.807, 2.05) is 19.1 Å². The van der Waals surface area contributed by atoms with Crippen LogP contribution in [0.4, 0.5) is 0 Å². The van der Waals surface area contributed by atoms with E-state index in [9.17, 15) is 0 Å². The summed E-state index contributed by atoms with van der Waals surface area (Å²) >= 11 is 15.3. The standard InChI is InChI=1S/C11H7BrCl2N2/c1-6-4-10(14)16-11(15-6)8-3-2-7(12)5-9(8)13/h2-5H,1H3. The number of nitrogens with zero attached hydrogens (tertiary/aromatic N) is 2. The Morgan fingerprint density at radius 1 is 1.12 bits per heavy atom. The van der Waals surface area contributed by atoms with E-state index < -0.39 is 0 Å². The highest BCUT2D eigenvalue weighted by molar-refractivity contribution is 9.10. The molecule has 1 aromatic carbocycles. The summed E-state index contributed by atoms with van der Waals surface area (Å²) in [6.45, 7) is 1.86. The summed E-state index contributed by atoms with van der Waals surface area (Å²) in [4.78, 5) is 8.45. The van der Waals surface area contributed by atoms with Crippen LogP contribution in [0.2, 0.25) is 10.2 Å². The maximum atomic E-state index is 6.12. The minimum Gasteiger partial charge on any atom is -0.233 e. The Morgan fingerprint density at radius 2 is 1.88 bits per heavy atom. The van der Waals surface area contributed by atoms with Gasteiger partial charge >= 0.3 is 0 Å². The highest BCUT2D eigenvalue weighted by Crippen LogP contribution is 2.28. The molecule has 0 aliphatic heterocycles. The number of hydrogen-bond acceptors (Lipinski definition) is 2. The van der Waals surface area contributed by atoms with E-state index in [-0.39, 0.29) is 0 Å². The number of aryl methyl sites for hydroxylation is 1. The first-order valence-electron chi connectivity index (χ1n) is 4.53. The molecule has 0 unspecified atom stereocenters. The third-order valence-corrected chi connectivity index (χ3v) is 2.99. The van der Waals surface area contributed by atoms with Crippen LogP contribution in [0.3, 0.4) is 0 Å². The topological polar surface area (TPSA) is 25.8 Å². The second kappa shape index (κ2) is 4.70. The van der Waals surface area contributed by atoms with Gasteiger partial charge in [0.15, 0.2) is 5.82 Å². The molecule has 2 rings (SSSR count). The Hall–Kier alpha value is -0.640. The molecular weight excluding hydrogens is 311 g/mol. The molecule has 16 heavy (non-hydrogen) atoms. The maximum Gasteiger partial charge on any atom is 0.162 e. The molecule has 2 nitrogen and oxygen atoms in total. The van der Waals surface area contributed by atoms with Gasteiger partial charge < -0.3 is 0 Å². The molecule has 0 amide bonds. The highest BCUT2D eigenvalue weighted by Gasteiger charge is 2.08. The van der Waals surface area contributed by atoms with Crippen LogP contribution >= 0.6 is 39.1 Å². The van der Waals surface area contributed by atoms with E-state index in [4.69, 9.17) is 23.2 Å². The summed E-state index contributed by atoms with van der Waals surface area (Å²) in [6.07, 6.45) is 0. The molecule has 0 fully saturated rings. The number of aromatic nitrogens is 2. The van der Waals surface area contributed by atoms with Gasteiger partial charge in [-0.25, -0.2) is 9.97 Å². The number of benzene rings is 1. The van der Waals surface area contributed by atoms with E-state index in [1.165, 1.54) is 0 Å². The molecular formula is C11H7BrCl2N2. The summed E-state index contributed by atoms with van der Waals surface area (Å²) < 4.78 is 0.917. The predicted molar refractivity (Wildman–Crippen MR) is 69.9 cm³/mol. The van der Waals surface area contributed by atoms with Crippen LogP contribution in [0.15, 0.2) is 28.7 Å². The second-order valence-electron chi connectivity index (χ2n) is 3.28. The van der Waals surface area contributed by atoms with Gasteiger partial charge in [0.2, 0.25) is 0 Å². The van der Waals surface area contributed by atoms with Crippen molar-refractivity contribution in [1.29, 1.82) is 0 Å². The summed E-state index contributed by atoms with van der Waals surface area (Å²) in [6, 6.07) is 7.26. The second-order valence-corrected chi connectivity index (χ2v) is 4.99. The molecule has 0 saturated heterocycles. The van der Waals surface area contributed by atoms with Crippen molar-refractivity contribution in [1.82, 2.24) is 9.97 Å². The summed E-state index contributed by atoms with van der Waals surface area (Å²) in [5.74, 6) is 0.544. The van der Waals surface area contributed by atoms with Gasteiger partial charge in [-0.15, -0.1) is 0 Å². The average molecular weight is 318 g/mol. The maximum absolute atomic E-state index is 6.12. The van der Waals surface area contributed by atoms with Gasteiger partial charge in [-0.2, -0.15) is 0 Å². The molecule has 0 N–H and O–H groups in total. The minimum atomic E-state index is 0.418. The Bertz CT molecular complexity index is 523. The molecule has 82 valence electrons. The van der Waals surface area contributed by atoms with Crippen molar-refractivity contribution in [2.24, 2.45) is 0 Å². The van der Waals surface area contributed by atoms with Gasteiger partial charge in [0.25, 0.3) is 0 Å². The first-order chi connectivity index (χ1) is 7.56. The molecule has 0 aliphatic carbocycles. The van der Waals surface area contributed by atoms with E-state index in [0.29, 0.717) is 16.0 Å². The lowest BCUT2D eigenvalue weighted by Gasteiger charge is -2.04. The van der Waals surface area contributed by atoms with Crippen molar-refractivity contribution in [3.8, 4) is 11.4 Å². The first kappa shape index (κ1) is 11.8. The lowest BCUT2D eigenvalue weighted by atomic mass is 10.2. The Kier molecular flexibility index (Phi) is 3.47. The zero-order valence-corrected chi connectivity index (χ0v) is 11.4. The molecule has 0 radical (unpaired) electrons. The van der Waals surface area contributed by atoms with Crippen LogP contribution < -0.4 is 0 Å².